The van der Waals surface area contributed by atoms with Crippen molar-refractivity contribution in [2.75, 3.05) is 46.3 Å². The molecule has 0 aliphatic carbocycles. The van der Waals surface area contributed by atoms with E-state index in [1.807, 2.05) is 15.9 Å². The molecule has 0 spiro atoms. The first-order valence-electron chi connectivity index (χ1n) is 13.4. The Morgan fingerprint density at radius 3 is 2.49 bits per heavy atom. The van der Waals surface area contributed by atoms with Gasteiger partial charge in [-0.05, 0) is 68.3 Å². The number of hydrogen-bond donors (Lipinski definition) is 1. The summed E-state index contributed by atoms with van der Waals surface area (Å²) in [5.41, 5.74) is 7.19. The van der Waals surface area contributed by atoms with Crippen LogP contribution in [0.3, 0.4) is 0 Å². The normalized spacial score (nSPS) is 20.1. The molecule has 0 saturated carbocycles. The van der Waals surface area contributed by atoms with Gasteiger partial charge in [-0.1, -0.05) is 13.8 Å². The number of aryl methyl sites for hydroxylation is 2. The molecule has 2 aliphatic rings. The van der Waals surface area contributed by atoms with Crippen LogP contribution in [0.1, 0.15) is 60.1 Å². The Morgan fingerprint density at radius 2 is 1.78 bits per heavy atom. The number of rotatable bonds is 5. The zero-order valence-corrected chi connectivity index (χ0v) is 24.1. The molecule has 2 aliphatic heterocycles. The third-order valence-corrected chi connectivity index (χ3v) is 11.1. The summed E-state index contributed by atoms with van der Waals surface area (Å²) < 4.78 is 19.4. The van der Waals surface area contributed by atoms with E-state index in [0.717, 1.165) is 68.9 Å². The van der Waals surface area contributed by atoms with E-state index < -0.39 is 11.2 Å². The van der Waals surface area contributed by atoms with Crippen molar-refractivity contribution in [1.82, 2.24) is 33.1 Å². The summed E-state index contributed by atoms with van der Waals surface area (Å²) >= 11 is 0.915. The van der Waals surface area contributed by atoms with Crippen LogP contribution in [0.4, 0.5) is 0 Å². The minimum atomic E-state index is -1.01. The number of thiophene rings is 1. The minimum absolute atomic E-state index is 0.393. The molecule has 6 rings (SSSR count). The molecule has 8 nitrogen and oxygen atoms in total. The second kappa shape index (κ2) is 9.89. The average Bonchev–Trinajstić information content (AvgIpc) is 3.59. The molecule has 4 aromatic heterocycles. The number of piperazine rings is 1. The van der Waals surface area contributed by atoms with Crippen LogP contribution in [0.5, 0.6) is 0 Å². The number of H-pyrrole nitrogens is 1. The number of nitrogens with zero attached hydrogens (tertiary/aromatic N) is 6. The van der Waals surface area contributed by atoms with Gasteiger partial charge in [-0.3, -0.25) is 0 Å². The van der Waals surface area contributed by atoms with E-state index in [4.69, 9.17) is 0 Å². The number of pyridine rings is 1. The average molecular weight is 540 g/mol. The number of hydrogen-bond acceptors (Lipinski definition) is 5. The molecular weight excluding hydrogens is 502 g/mol. The Labute approximate surface area is 225 Å². The molecule has 198 valence electrons. The lowest BCUT2D eigenvalue weighted by Gasteiger charge is -2.37. The van der Waals surface area contributed by atoms with Crippen molar-refractivity contribution in [3.63, 3.8) is 0 Å². The van der Waals surface area contributed by atoms with Gasteiger partial charge in [0, 0.05) is 61.3 Å². The fourth-order valence-corrected chi connectivity index (χ4v) is 8.78. The molecule has 10 heteroatoms. The summed E-state index contributed by atoms with van der Waals surface area (Å²) in [5.74, 6) is 0.924. The molecule has 6 heterocycles. The van der Waals surface area contributed by atoms with Crippen molar-refractivity contribution >= 4 is 38.4 Å². The van der Waals surface area contributed by atoms with Crippen LogP contribution in [-0.4, -0.2) is 83.6 Å². The predicted molar refractivity (Wildman–Crippen MR) is 152 cm³/mol. The molecule has 0 aromatic carbocycles. The van der Waals surface area contributed by atoms with E-state index >= 15 is 0 Å². The number of fused-ring (bicyclic) bond motifs is 2. The van der Waals surface area contributed by atoms with Crippen LogP contribution in [0.25, 0.3) is 27.1 Å². The molecule has 0 radical (unpaired) electrons. The molecular formula is C27H37N7OS2. The zero-order chi connectivity index (χ0) is 25.8. The monoisotopic (exact) mass is 539 g/mol. The third-order valence-electron chi connectivity index (χ3n) is 8.11. The van der Waals surface area contributed by atoms with Crippen LogP contribution in [-0.2, 0) is 11.2 Å². The van der Waals surface area contributed by atoms with Crippen LogP contribution >= 0.6 is 11.3 Å². The van der Waals surface area contributed by atoms with E-state index in [2.05, 4.69) is 75.6 Å². The van der Waals surface area contributed by atoms with Crippen molar-refractivity contribution in [3.8, 4) is 11.3 Å². The summed E-state index contributed by atoms with van der Waals surface area (Å²) in [6, 6.07) is 2.22. The molecule has 0 bridgehead atoms. The quantitative estimate of drug-likeness (QED) is 0.400. The van der Waals surface area contributed by atoms with Gasteiger partial charge in [-0.2, -0.15) is 5.10 Å². The standard InChI is InChI=1S/C27H37N7OS2/c1-17(2)22-23-19(4)25(20-6-8-32(9-7-20)37(35)33-12-10-31(5)11-13-33)36-27(23)30-24(22)21-14-18(3)26-28-16-29-34(26)15-21/h14-17,20,30H,6-13H2,1-5H3. The van der Waals surface area contributed by atoms with Gasteiger partial charge in [0.15, 0.2) is 16.8 Å². The Bertz CT molecular complexity index is 1450. The SMILES string of the molecule is Cc1c(C2CCN(S(=O)N3CCN(C)CC3)CC2)sc2[nH]c(-c3cc(C)c4ncnn4c3)c(C(C)C)c12. The van der Waals surface area contributed by atoms with Gasteiger partial charge in [-0.15, -0.1) is 11.3 Å². The summed E-state index contributed by atoms with van der Waals surface area (Å²) in [5, 5.41) is 5.78. The fraction of sp³-hybridized carbons (Fsp3) is 0.556. The molecule has 1 N–H and O–H groups in total. The van der Waals surface area contributed by atoms with Gasteiger partial charge in [0.05, 0.1) is 5.69 Å². The van der Waals surface area contributed by atoms with Gasteiger partial charge in [-0.25, -0.2) is 22.3 Å². The van der Waals surface area contributed by atoms with Gasteiger partial charge in [0.1, 0.15) is 11.2 Å². The lowest BCUT2D eigenvalue weighted by Crippen LogP contribution is -2.50. The van der Waals surface area contributed by atoms with E-state index in [1.54, 1.807) is 6.33 Å². The van der Waals surface area contributed by atoms with Crippen molar-refractivity contribution in [2.24, 2.45) is 0 Å². The predicted octanol–water partition coefficient (Wildman–Crippen LogP) is 4.68. The van der Waals surface area contributed by atoms with E-state index in [9.17, 15) is 4.21 Å². The van der Waals surface area contributed by atoms with Gasteiger partial charge < -0.3 is 9.88 Å². The number of piperidine rings is 1. The molecule has 0 amide bonds. The number of aromatic nitrogens is 4. The molecule has 2 saturated heterocycles. The van der Waals surface area contributed by atoms with Gasteiger partial charge in [0.2, 0.25) is 0 Å². The van der Waals surface area contributed by atoms with Crippen molar-refractivity contribution in [2.45, 2.75) is 52.4 Å². The first-order valence-corrected chi connectivity index (χ1v) is 15.3. The zero-order valence-electron chi connectivity index (χ0n) is 22.5. The number of likely N-dealkylation sites (N-methyl/N-ethyl adjacent to an activating group) is 1. The summed E-state index contributed by atoms with van der Waals surface area (Å²) in [7, 11) is 2.14. The number of nitrogens with one attached hydrogen (secondary N) is 1. The Hall–Kier alpha value is -2.11. The van der Waals surface area contributed by atoms with Crippen molar-refractivity contribution in [3.05, 3.63) is 40.2 Å². The highest BCUT2D eigenvalue weighted by Gasteiger charge is 2.31. The fourth-order valence-electron chi connectivity index (χ4n) is 6.06. The van der Waals surface area contributed by atoms with Crippen LogP contribution in [0.2, 0.25) is 0 Å². The first kappa shape index (κ1) is 25.2. The van der Waals surface area contributed by atoms with Gasteiger partial charge in [0.25, 0.3) is 0 Å². The Balaban J connectivity index is 1.26. The highest BCUT2D eigenvalue weighted by atomic mass is 32.2. The highest BCUT2D eigenvalue weighted by molar-refractivity contribution is 7.80. The Kier molecular flexibility index (Phi) is 6.73. The maximum atomic E-state index is 13.2. The second-order valence-electron chi connectivity index (χ2n) is 11.0. The van der Waals surface area contributed by atoms with Gasteiger partial charge >= 0.3 is 0 Å². The van der Waals surface area contributed by atoms with Crippen molar-refractivity contribution in [1.29, 1.82) is 0 Å². The van der Waals surface area contributed by atoms with Crippen LogP contribution < -0.4 is 0 Å². The molecule has 2 fully saturated rings. The second-order valence-corrected chi connectivity index (χ2v) is 13.5. The largest absolute Gasteiger partial charge is 0.346 e. The van der Waals surface area contributed by atoms with E-state index in [-0.39, 0.29) is 0 Å². The van der Waals surface area contributed by atoms with E-state index in [1.165, 1.54) is 31.9 Å². The van der Waals surface area contributed by atoms with E-state index in [0.29, 0.717) is 11.8 Å². The number of aromatic amines is 1. The minimum Gasteiger partial charge on any atom is -0.346 e. The Morgan fingerprint density at radius 1 is 1.08 bits per heavy atom. The smallest absolute Gasteiger partial charge is 0.172 e. The lowest BCUT2D eigenvalue weighted by atomic mass is 9.91. The summed E-state index contributed by atoms with van der Waals surface area (Å²) in [6.45, 7) is 14.5. The summed E-state index contributed by atoms with van der Waals surface area (Å²) in [4.78, 5) is 13.3. The molecule has 37 heavy (non-hydrogen) atoms. The molecule has 4 aromatic rings. The lowest BCUT2D eigenvalue weighted by molar-refractivity contribution is 0.216. The molecule has 1 atom stereocenters. The maximum Gasteiger partial charge on any atom is 0.172 e. The topological polar surface area (TPSA) is 72.8 Å². The van der Waals surface area contributed by atoms with Crippen LogP contribution in [0.15, 0.2) is 18.6 Å². The third kappa shape index (κ3) is 4.46. The molecule has 1 unspecified atom stereocenters. The van der Waals surface area contributed by atoms with Crippen molar-refractivity contribution < 1.29 is 4.21 Å². The van der Waals surface area contributed by atoms with Crippen LogP contribution in [0, 0.1) is 13.8 Å². The highest BCUT2D eigenvalue weighted by Crippen LogP contribution is 2.46. The first-order chi connectivity index (χ1) is 17.8. The maximum absolute atomic E-state index is 13.2. The summed E-state index contributed by atoms with van der Waals surface area (Å²) in [6.07, 6.45) is 5.83.